The van der Waals surface area contributed by atoms with Gasteiger partial charge >= 0.3 is 5.97 Å². The second-order valence-electron chi connectivity index (χ2n) is 12.0. The van der Waals surface area contributed by atoms with E-state index in [2.05, 4.69) is 72.2 Å². The zero-order chi connectivity index (χ0) is 25.6. The Morgan fingerprint density at radius 3 is 2.46 bits per heavy atom. The molecule has 6 atom stereocenters. The van der Waals surface area contributed by atoms with E-state index in [0.717, 1.165) is 44.2 Å². The number of allylic oxidation sites excluding steroid dienone is 1. The van der Waals surface area contributed by atoms with Crippen LogP contribution in [-0.4, -0.2) is 54.6 Å². The minimum Gasteiger partial charge on any atom is -0.461 e. The van der Waals surface area contributed by atoms with Gasteiger partial charge in [0.15, 0.2) is 0 Å². The Labute approximate surface area is 226 Å². The van der Waals surface area contributed by atoms with E-state index in [0.29, 0.717) is 5.92 Å². The van der Waals surface area contributed by atoms with E-state index in [1.807, 2.05) is 12.1 Å². The Bertz CT molecular complexity index is 1140. The number of rotatable bonds is 5. The molecular formula is C32H39ClN2O2. The number of esters is 1. The van der Waals surface area contributed by atoms with Crippen molar-refractivity contribution in [1.82, 2.24) is 9.80 Å². The monoisotopic (exact) mass is 518 g/mol. The summed E-state index contributed by atoms with van der Waals surface area (Å²) in [6.45, 7) is 9.43. The highest BCUT2D eigenvalue weighted by molar-refractivity contribution is 6.30. The first-order valence-electron chi connectivity index (χ1n) is 14.1. The normalized spacial score (nSPS) is 33.3. The van der Waals surface area contributed by atoms with Gasteiger partial charge in [0.2, 0.25) is 0 Å². The van der Waals surface area contributed by atoms with Crippen molar-refractivity contribution in [2.75, 3.05) is 32.7 Å². The van der Waals surface area contributed by atoms with Crippen LogP contribution in [-0.2, 0) is 9.53 Å². The number of fused-ring (bicyclic) bond motifs is 2. The van der Waals surface area contributed by atoms with Crippen LogP contribution in [0.1, 0.15) is 56.7 Å². The third-order valence-electron chi connectivity index (χ3n) is 9.61. The standard InChI is InChI=1S/C32H39ClN2O2/c1-22-7-6-14-32(2)20-29-26(19-28(22)32)27(31(36)37-29)21-34-15-17-35(18-16-34)30(23-8-4-3-5-9-23)24-10-12-25(33)13-11-24/h3-5,8-13,19,22,26-27,29-30H,6-7,14-18,20-21H2,1-2H3/t22-,26+,27+,29+,30-,32+/m0/s1. The highest BCUT2D eigenvalue weighted by Gasteiger charge is 2.52. The molecule has 0 N–H and O–H groups in total. The van der Waals surface area contributed by atoms with Crippen molar-refractivity contribution in [3.8, 4) is 0 Å². The fraction of sp³-hybridized carbons (Fsp3) is 0.531. The first-order valence-corrected chi connectivity index (χ1v) is 14.5. The molecule has 4 aliphatic rings. The molecule has 196 valence electrons. The second kappa shape index (κ2) is 10.2. The van der Waals surface area contributed by atoms with Gasteiger partial charge in [0.05, 0.1) is 12.0 Å². The Morgan fingerprint density at radius 1 is 1.03 bits per heavy atom. The van der Waals surface area contributed by atoms with Gasteiger partial charge in [-0.3, -0.25) is 14.6 Å². The van der Waals surface area contributed by atoms with E-state index in [-0.39, 0.29) is 35.4 Å². The number of halogens is 1. The summed E-state index contributed by atoms with van der Waals surface area (Å²) in [5.41, 5.74) is 4.39. The molecule has 2 saturated heterocycles. The van der Waals surface area contributed by atoms with Crippen LogP contribution < -0.4 is 0 Å². The highest BCUT2D eigenvalue weighted by atomic mass is 35.5. The van der Waals surface area contributed by atoms with Crippen LogP contribution in [0.15, 0.2) is 66.2 Å². The molecule has 2 aromatic rings. The predicted molar refractivity (Wildman–Crippen MR) is 148 cm³/mol. The number of hydrogen-bond acceptors (Lipinski definition) is 4. The van der Waals surface area contributed by atoms with E-state index in [9.17, 15) is 4.79 Å². The van der Waals surface area contributed by atoms with Crippen LogP contribution in [0, 0.1) is 23.2 Å². The molecule has 4 nitrogen and oxygen atoms in total. The van der Waals surface area contributed by atoms with Crippen LogP contribution >= 0.6 is 11.6 Å². The van der Waals surface area contributed by atoms with E-state index in [4.69, 9.17) is 16.3 Å². The van der Waals surface area contributed by atoms with E-state index >= 15 is 0 Å². The number of hydrogen-bond donors (Lipinski definition) is 0. The Balaban J connectivity index is 1.15. The van der Waals surface area contributed by atoms with Gasteiger partial charge in [-0.15, -0.1) is 0 Å². The molecule has 2 aliphatic carbocycles. The summed E-state index contributed by atoms with van der Waals surface area (Å²) in [6.07, 6.45) is 7.33. The lowest BCUT2D eigenvalue weighted by atomic mass is 9.59. The van der Waals surface area contributed by atoms with Gasteiger partial charge in [-0.1, -0.05) is 86.0 Å². The number of carbonyl (C=O) groups is 1. The average molecular weight is 519 g/mol. The minimum atomic E-state index is -0.0380. The maximum atomic E-state index is 13.1. The number of piperazine rings is 1. The molecular weight excluding hydrogens is 480 g/mol. The largest absolute Gasteiger partial charge is 0.461 e. The average Bonchev–Trinajstić information content (AvgIpc) is 3.19. The third-order valence-corrected chi connectivity index (χ3v) is 9.86. The number of benzene rings is 2. The maximum Gasteiger partial charge on any atom is 0.311 e. The highest BCUT2D eigenvalue weighted by Crippen LogP contribution is 2.54. The predicted octanol–water partition coefficient (Wildman–Crippen LogP) is 6.36. The smallest absolute Gasteiger partial charge is 0.311 e. The Kier molecular flexibility index (Phi) is 6.94. The maximum absolute atomic E-state index is 13.1. The Hall–Kier alpha value is -2.14. The van der Waals surface area contributed by atoms with Crippen molar-refractivity contribution in [3.63, 3.8) is 0 Å². The lowest BCUT2D eigenvalue weighted by Crippen LogP contribution is -2.50. The number of ether oxygens (including phenoxy) is 1. The van der Waals surface area contributed by atoms with Crippen molar-refractivity contribution in [1.29, 1.82) is 0 Å². The molecule has 5 heteroatoms. The van der Waals surface area contributed by atoms with Gasteiger partial charge in [-0.25, -0.2) is 0 Å². The van der Waals surface area contributed by atoms with Gasteiger partial charge in [0, 0.05) is 43.7 Å². The zero-order valence-corrected chi connectivity index (χ0v) is 22.9. The molecule has 2 aliphatic heterocycles. The van der Waals surface area contributed by atoms with Crippen molar-refractivity contribution in [2.24, 2.45) is 23.2 Å². The molecule has 2 heterocycles. The molecule has 0 radical (unpaired) electrons. The van der Waals surface area contributed by atoms with Gasteiger partial charge < -0.3 is 4.74 Å². The minimum absolute atomic E-state index is 0.0208. The molecule has 2 aromatic carbocycles. The molecule has 6 rings (SSSR count). The van der Waals surface area contributed by atoms with Crippen LogP contribution in [0.3, 0.4) is 0 Å². The van der Waals surface area contributed by atoms with E-state index < -0.39 is 0 Å². The quantitative estimate of drug-likeness (QED) is 0.340. The topological polar surface area (TPSA) is 32.8 Å². The summed E-state index contributed by atoms with van der Waals surface area (Å²) >= 11 is 6.20. The summed E-state index contributed by atoms with van der Waals surface area (Å²) < 4.78 is 6.02. The van der Waals surface area contributed by atoms with Crippen molar-refractivity contribution < 1.29 is 9.53 Å². The number of nitrogens with zero attached hydrogens (tertiary/aromatic N) is 2. The Morgan fingerprint density at radius 2 is 1.73 bits per heavy atom. The summed E-state index contributed by atoms with van der Waals surface area (Å²) in [6, 6.07) is 19.2. The van der Waals surface area contributed by atoms with Crippen LogP contribution in [0.25, 0.3) is 0 Å². The molecule has 3 fully saturated rings. The lowest BCUT2D eigenvalue weighted by Gasteiger charge is -2.46. The molecule has 0 amide bonds. The van der Waals surface area contributed by atoms with Gasteiger partial charge in [-0.2, -0.15) is 0 Å². The second-order valence-corrected chi connectivity index (χ2v) is 12.5. The number of carbonyl (C=O) groups excluding carboxylic acids is 1. The van der Waals surface area contributed by atoms with Crippen molar-refractivity contribution >= 4 is 17.6 Å². The molecule has 0 bridgehead atoms. The lowest BCUT2D eigenvalue weighted by molar-refractivity contribution is -0.145. The zero-order valence-electron chi connectivity index (χ0n) is 22.1. The summed E-state index contributed by atoms with van der Waals surface area (Å²) in [4.78, 5) is 18.1. The molecule has 0 aromatic heterocycles. The first-order chi connectivity index (χ1) is 17.9. The van der Waals surface area contributed by atoms with Gasteiger partial charge in [0.1, 0.15) is 6.10 Å². The third kappa shape index (κ3) is 4.89. The molecule has 1 saturated carbocycles. The summed E-state index contributed by atoms with van der Waals surface area (Å²) in [5.74, 6) is 0.846. The summed E-state index contributed by atoms with van der Waals surface area (Å²) in [5, 5.41) is 0.766. The van der Waals surface area contributed by atoms with Crippen LogP contribution in [0.4, 0.5) is 0 Å². The SMILES string of the molecule is C[C@H]1CCC[C@]2(C)C[C@H]3OC(=O)[C@H](CN4CCN([C@@H](c5ccccc5)c5ccc(Cl)cc5)CC4)[C@H]3C=C12. The molecule has 0 unspecified atom stereocenters. The van der Waals surface area contributed by atoms with Crippen molar-refractivity contribution in [3.05, 3.63) is 82.4 Å². The van der Waals surface area contributed by atoms with Gasteiger partial charge in [0.25, 0.3) is 0 Å². The van der Waals surface area contributed by atoms with Crippen LogP contribution in [0.5, 0.6) is 0 Å². The van der Waals surface area contributed by atoms with Crippen LogP contribution in [0.2, 0.25) is 5.02 Å². The van der Waals surface area contributed by atoms with E-state index in [1.54, 1.807) is 5.57 Å². The summed E-state index contributed by atoms with van der Waals surface area (Å²) in [7, 11) is 0. The first kappa shape index (κ1) is 25.2. The molecule has 0 spiro atoms. The fourth-order valence-electron chi connectivity index (χ4n) is 7.64. The van der Waals surface area contributed by atoms with E-state index in [1.165, 1.54) is 30.4 Å². The molecule has 37 heavy (non-hydrogen) atoms. The fourth-order valence-corrected chi connectivity index (χ4v) is 7.76. The van der Waals surface area contributed by atoms with Gasteiger partial charge in [-0.05, 0) is 53.9 Å². The van der Waals surface area contributed by atoms with Crippen molar-refractivity contribution in [2.45, 2.75) is 51.7 Å².